The molecule has 1 heterocycles. The van der Waals surface area contributed by atoms with Gasteiger partial charge in [0, 0.05) is 6.04 Å². The molecule has 0 saturated carbocycles. The number of carbonyl (C=O) groups excluding carboxylic acids is 2. The normalized spacial score (nSPS) is 18.7. The van der Waals surface area contributed by atoms with Crippen molar-refractivity contribution in [3.63, 3.8) is 0 Å². The molecule has 1 aliphatic heterocycles. The van der Waals surface area contributed by atoms with Crippen molar-refractivity contribution in [2.75, 3.05) is 24.7 Å². The zero-order chi connectivity index (χ0) is 21.4. The number of carbonyl (C=O) groups is 2. The largest absolute Gasteiger partial charge is 0.490 e. The molecule has 1 aromatic rings. The van der Waals surface area contributed by atoms with E-state index < -0.39 is 33.9 Å². The lowest BCUT2D eigenvalue weighted by Gasteiger charge is -2.17. The summed E-state index contributed by atoms with van der Waals surface area (Å²) in [6.07, 6.45) is 0.954. The van der Waals surface area contributed by atoms with Crippen LogP contribution in [0.2, 0.25) is 0 Å². The average molecular weight is 428 g/mol. The first-order chi connectivity index (χ1) is 13.8. The van der Waals surface area contributed by atoms with Crippen LogP contribution in [0, 0.1) is 0 Å². The summed E-state index contributed by atoms with van der Waals surface area (Å²) in [6, 6.07) is 4.29. The van der Waals surface area contributed by atoms with Gasteiger partial charge in [-0.05, 0) is 44.4 Å². The van der Waals surface area contributed by atoms with Gasteiger partial charge >= 0.3 is 5.97 Å². The topological polar surface area (TPSA) is 108 Å². The van der Waals surface area contributed by atoms with Crippen molar-refractivity contribution >= 4 is 21.7 Å². The van der Waals surface area contributed by atoms with Crippen LogP contribution in [0.1, 0.15) is 50.4 Å². The second-order valence-corrected chi connectivity index (χ2v) is 9.24. The standard InChI is InChI=1S/C20H29NO7S/c1-4-9-26-17-7-6-15(12-18(17)27-10-5-2)20(23)28-14(3)19(22)21-16-8-11-29(24,25)13-16/h6-7,12,14,16H,4-5,8-11,13H2,1-3H3,(H,21,22)/t14-,16-/m0/s1. The fourth-order valence-electron chi connectivity index (χ4n) is 2.80. The van der Waals surface area contributed by atoms with Crippen LogP contribution in [0.5, 0.6) is 11.5 Å². The molecular formula is C20H29NO7S. The van der Waals surface area contributed by atoms with Crippen LogP contribution in [-0.2, 0) is 19.4 Å². The van der Waals surface area contributed by atoms with Crippen molar-refractivity contribution < 1.29 is 32.2 Å². The second-order valence-electron chi connectivity index (χ2n) is 7.01. The van der Waals surface area contributed by atoms with E-state index in [1.807, 2.05) is 13.8 Å². The lowest BCUT2D eigenvalue weighted by molar-refractivity contribution is -0.129. The summed E-state index contributed by atoms with van der Waals surface area (Å²) in [5, 5.41) is 2.62. The predicted octanol–water partition coefficient (Wildman–Crippen LogP) is 2.11. The fourth-order valence-corrected chi connectivity index (χ4v) is 4.47. The van der Waals surface area contributed by atoms with E-state index in [1.54, 1.807) is 12.1 Å². The number of esters is 1. The van der Waals surface area contributed by atoms with Gasteiger partial charge < -0.3 is 19.5 Å². The summed E-state index contributed by atoms with van der Waals surface area (Å²) in [4.78, 5) is 24.7. The van der Waals surface area contributed by atoms with Crippen LogP contribution >= 0.6 is 0 Å². The molecule has 0 aliphatic carbocycles. The van der Waals surface area contributed by atoms with Gasteiger partial charge in [0.05, 0.1) is 30.3 Å². The molecule has 0 unspecified atom stereocenters. The number of rotatable bonds is 10. The number of amides is 1. The first-order valence-electron chi connectivity index (χ1n) is 9.87. The van der Waals surface area contributed by atoms with E-state index in [1.165, 1.54) is 13.0 Å². The van der Waals surface area contributed by atoms with Gasteiger partial charge in [-0.3, -0.25) is 4.79 Å². The molecule has 9 heteroatoms. The maximum Gasteiger partial charge on any atom is 0.339 e. The highest BCUT2D eigenvalue weighted by Gasteiger charge is 2.31. The van der Waals surface area contributed by atoms with Gasteiger partial charge in [-0.2, -0.15) is 0 Å². The molecule has 1 aromatic carbocycles. The molecule has 1 fully saturated rings. The molecule has 1 saturated heterocycles. The van der Waals surface area contributed by atoms with Gasteiger partial charge in [0.25, 0.3) is 5.91 Å². The van der Waals surface area contributed by atoms with Crippen LogP contribution in [0.4, 0.5) is 0 Å². The Hall–Kier alpha value is -2.29. The third-order valence-electron chi connectivity index (χ3n) is 4.33. The van der Waals surface area contributed by atoms with E-state index >= 15 is 0 Å². The number of hydrogen-bond acceptors (Lipinski definition) is 7. The molecule has 0 bridgehead atoms. The van der Waals surface area contributed by atoms with Crippen LogP contribution in [0.25, 0.3) is 0 Å². The number of benzene rings is 1. The van der Waals surface area contributed by atoms with Crippen molar-refractivity contribution in [3.8, 4) is 11.5 Å². The van der Waals surface area contributed by atoms with Gasteiger partial charge in [0.2, 0.25) is 0 Å². The SMILES string of the molecule is CCCOc1ccc(C(=O)O[C@@H](C)C(=O)N[C@H]2CCS(=O)(=O)C2)cc1OCCC. The summed E-state index contributed by atoms with van der Waals surface area (Å²) in [5.74, 6) is -0.232. The molecule has 0 spiro atoms. The molecule has 162 valence electrons. The summed E-state index contributed by atoms with van der Waals surface area (Å²) < 4.78 is 39.5. The van der Waals surface area contributed by atoms with Crippen molar-refractivity contribution in [1.29, 1.82) is 0 Å². The van der Waals surface area contributed by atoms with Crippen LogP contribution < -0.4 is 14.8 Å². The van der Waals surface area contributed by atoms with E-state index in [0.29, 0.717) is 31.1 Å². The average Bonchev–Trinajstić information content (AvgIpc) is 3.02. The van der Waals surface area contributed by atoms with E-state index in [9.17, 15) is 18.0 Å². The first kappa shape index (κ1) is 23.0. The Morgan fingerprint density at radius 3 is 2.38 bits per heavy atom. The van der Waals surface area contributed by atoms with Crippen molar-refractivity contribution in [3.05, 3.63) is 23.8 Å². The fraction of sp³-hybridized carbons (Fsp3) is 0.600. The van der Waals surface area contributed by atoms with Gasteiger partial charge in [0.15, 0.2) is 27.4 Å². The molecule has 2 atom stereocenters. The number of ether oxygens (including phenoxy) is 3. The Balaban J connectivity index is 2.00. The number of hydrogen-bond donors (Lipinski definition) is 1. The van der Waals surface area contributed by atoms with Gasteiger partial charge in [0.1, 0.15) is 0 Å². The predicted molar refractivity (Wildman–Crippen MR) is 108 cm³/mol. The highest BCUT2D eigenvalue weighted by molar-refractivity contribution is 7.91. The molecular weight excluding hydrogens is 398 g/mol. The molecule has 2 rings (SSSR count). The van der Waals surface area contributed by atoms with Crippen molar-refractivity contribution in [1.82, 2.24) is 5.32 Å². The van der Waals surface area contributed by atoms with E-state index in [4.69, 9.17) is 14.2 Å². The van der Waals surface area contributed by atoms with E-state index in [-0.39, 0.29) is 17.1 Å². The quantitative estimate of drug-likeness (QED) is 0.570. The Kier molecular flexibility index (Phi) is 8.31. The molecule has 8 nitrogen and oxygen atoms in total. The molecule has 29 heavy (non-hydrogen) atoms. The Labute approximate surface area is 171 Å². The van der Waals surface area contributed by atoms with Crippen LogP contribution in [0.3, 0.4) is 0 Å². The third-order valence-corrected chi connectivity index (χ3v) is 6.10. The molecule has 0 aromatic heterocycles. The molecule has 1 amide bonds. The highest BCUT2D eigenvalue weighted by Crippen LogP contribution is 2.29. The van der Waals surface area contributed by atoms with Crippen molar-refractivity contribution in [2.24, 2.45) is 0 Å². The minimum Gasteiger partial charge on any atom is -0.490 e. The Morgan fingerprint density at radius 1 is 1.14 bits per heavy atom. The smallest absolute Gasteiger partial charge is 0.339 e. The van der Waals surface area contributed by atoms with Crippen LogP contribution in [0.15, 0.2) is 18.2 Å². The minimum absolute atomic E-state index is 0.0547. The number of nitrogens with one attached hydrogen (secondary N) is 1. The van der Waals surface area contributed by atoms with E-state index in [2.05, 4.69) is 5.32 Å². The Bertz CT molecular complexity index is 822. The summed E-state index contributed by atoms with van der Waals surface area (Å²) >= 11 is 0. The van der Waals surface area contributed by atoms with Crippen molar-refractivity contribution in [2.45, 2.75) is 52.2 Å². The van der Waals surface area contributed by atoms with Gasteiger partial charge in [-0.15, -0.1) is 0 Å². The minimum atomic E-state index is -3.10. The summed E-state index contributed by atoms with van der Waals surface area (Å²) in [6.45, 7) is 6.42. The first-order valence-corrected chi connectivity index (χ1v) is 11.7. The molecule has 1 aliphatic rings. The van der Waals surface area contributed by atoms with E-state index in [0.717, 1.165) is 12.8 Å². The lowest BCUT2D eigenvalue weighted by atomic mass is 10.2. The second kappa shape index (κ2) is 10.5. The molecule has 1 N–H and O–H groups in total. The van der Waals surface area contributed by atoms with Crippen LogP contribution in [-0.4, -0.2) is 57.2 Å². The zero-order valence-electron chi connectivity index (χ0n) is 17.1. The van der Waals surface area contributed by atoms with Gasteiger partial charge in [-0.1, -0.05) is 13.8 Å². The Morgan fingerprint density at radius 2 is 1.79 bits per heavy atom. The maximum atomic E-state index is 12.5. The van der Waals surface area contributed by atoms with Gasteiger partial charge in [-0.25, -0.2) is 13.2 Å². The summed E-state index contributed by atoms with van der Waals surface area (Å²) in [7, 11) is -3.10. The summed E-state index contributed by atoms with van der Waals surface area (Å²) in [5.41, 5.74) is 0.239. The monoisotopic (exact) mass is 427 g/mol. The maximum absolute atomic E-state index is 12.5. The molecule has 0 radical (unpaired) electrons. The number of sulfone groups is 1. The highest BCUT2D eigenvalue weighted by atomic mass is 32.2. The zero-order valence-corrected chi connectivity index (χ0v) is 17.9. The lowest BCUT2D eigenvalue weighted by Crippen LogP contribution is -2.42. The third kappa shape index (κ3) is 6.92.